The van der Waals surface area contributed by atoms with Crippen LogP contribution in [0.5, 0.6) is 0 Å². The summed E-state index contributed by atoms with van der Waals surface area (Å²) in [5.41, 5.74) is 1.96. The van der Waals surface area contributed by atoms with Crippen LogP contribution in [-0.4, -0.2) is 35.6 Å². The number of carbonyl (C=O) groups is 1. The van der Waals surface area contributed by atoms with Gasteiger partial charge in [0.1, 0.15) is 18.0 Å². The highest BCUT2D eigenvalue weighted by Gasteiger charge is 2.13. The van der Waals surface area contributed by atoms with Crippen molar-refractivity contribution in [3.63, 3.8) is 0 Å². The van der Waals surface area contributed by atoms with Gasteiger partial charge in [-0.2, -0.15) is 0 Å². The lowest BCUT2D eigenvalue weighted by atomic mass is 10.2. The first-order valence-corrected chi connectivity index (χ1v) is 9.22. The Hall–Kier alpha value is -4.08. The molecule has 4 rings (SSSR count). The van der Waals surface area contributed by atoms with Gasteiger partial charge in [0.15, 0.2) is 5.82 Å². The molecule has 1 aromatic carbocycles. The van der Waals surface area contributed by atoms with E-state index in [1.807, 2.05) is 12.1 Å². The highest BCUT2D eigenvalue weighted by atomic mass is 19.1. The number of carbonyl (C=O) groups excluding carboxylic acids is 1. The molecular weight excluding hydrogens is 387 g/mol. The molecule has 0 saturated heterocycles. The molecule has 9 nitrogen and oxygen atoms in total. The van der Waals surface area contributed by atoms with Gasteiger partial charge >= 0.3 is 6.03 Å². The van der Waals surface area contributed by atoms with E-state index in [4.69, 9.17) is 0 Å². The Balaban J connectivity index is 1.33. The molecule has 0 saturated carbocycles. The lowest BCUT2D eigenvalue weighted by Crippen LogP contribution is -2.28. The van der Waals surface area contributed by atoms with Crippen LogP contribution in [0.1, 0.15) is 16.8 Å². The number of urea groups is 1. The zero-order valence-corrected chi connectivity index (χ0v) is 16.2. The molecule has 0 bridgehead atoms. The van der Waals surface area contributed by atoms with Gasteiger partial charge in [0.25, 0.3) is 0 Å². The van der Waals surface area contributed by atoms with Gasteiger partial charge in [0, 0.05) is 30.7 Å². The Kier molecular flexibility index (Phi) is 5.46. The molecule has 2 N–H and O–H groups in total. The molecule has 0 fully saturated rings. The number of anilines is 1. The number of hydrogen-bond acceptors (Lipinski definition) is 5. The molecule has 3 heterocycles. The molecular formula is C20H19FN8O. The summed E-state index contributed by atoms with van der Waals surface area (Å²) in [6.45, 7) is 2.28. The van der Waals surface area contributed by atoms with Crippen LogP contribution in [-0.2, 0) is 13.1 Å². The van der Waals surface area contributed by atoms with Crippen molar-refractivity contribution in [1.29, 1.82) is 0 Å². The van der Waals surface area contributed by atoms with Gasteiger partial charge in [-0.25, -0.2) is 23.8 Å². The summed E-state index contributed by atoms with van der Waals surface area (Å²) in [7, 11) is 0. The van der Waals surface area contributed by atoms with Gasteiger partial charge in [-0.1, -0.05) is 29.5 Å². The first-order chi connectivity index (χ1) is 14.6. The highest BCUT2D eigenvalue weighted by Crippen LogP contribution is 2.14. The van der Waals surface area contributed by atoms with Gasteiger partial charge in [-0.15, -0.1) is 5.10 Å². The van der Waals surface area contributed by atoms with Gasteiger partial charge in [0.05, 0.1) is 12.2 Å². The second-order valence-corrected chi connectivity index (χ2v) is 6.57. The lowest BCUT2D eigenvalue weighted by Gasteiger charge is -2.08. The summed E-state index contributed by atoms with van der Waals surface area (Å²) >= 11 is 0. The third-order valence-corrected chi connectivity index (χ3v) is 4.52. The Labute approximate surface area is 171 Å². The van der Waals surface area contributed by atoms with Crippen molar-refractivity contribution in [3.05, 3.63) is 84.0 Å². The van der Waals surface area contributed by atoms with E-state index in [-0.39, 0.29) is 12.4 Å². The van der Waals surface area contributed by atoms with Crippen LogP contribution in [0.3, 0.4) is 0 Å². The molecule has 0 radical (unpaired) electrons. The van der Waals surface area contributed by atoms with Crippen LogP contribution in [0.25, 0.3) is 5.82 Å². The predicted octanol–water partition coefficient (Wildman–Crippen LogP) is 2.68. The number of benzene rings is 1. The fourth-order valence-electron chi connectivity index (χ4n) is 2.82. The summed E-state index contributed by atoms with van der Waals surface area (Å²) in [5.74, 6) is 0.743. The molecule has 3 aromatic heterocycles. The van der Waals surface area contributed by atoms with Crippen LogP contribution in [0.2, 0.25) is 0 Å². The molecule has 0 aliphatic rings. The predicted molar refractivity (Wildman–Crippen MR) is 107 cm³/mol. The van der Waals surface area contributed by atoms with E-state index in [9.17, 15) is 9.18 Å². The van der Waals surface area contributed by atoms with Gasteiger partial charge in [-0.3, -0.25) is 9.88 Å². The maximum atomic E-state index is 13.8. The maximum absolute atomic E-state index is 13.8. The minimum atomic E-state index is -0.422. The van der Waals surface area contributed by atoms with E-state index in [2.05, 4.69) is 30.9 Å². The molecule has 0 unspecified atom stereocenters. The Morgan fingerprint density at radius 2 is 2.07 bits per heavy atom. The molecule has 10 heteroatoms. The zero-order valence-electron chi connectivity index (χ0n) is 16.2. The number of amides is 2. The minimum absolute atomic E-state index is 0.226. The van der Waals surface area contributed by atoms with E-state index in [1.165, 1.54) is 10.7 Å². The van der Waals surface area contributed by atoms with Gasteiger partial charge in [-0.05, 0) is 24.6 Å². The number of imidazole rings is 1. The lowest BCUT2D eigenvalue weighted by molar-refractivity contribution is 0.251. The summed E-state index contributed by atoms with van der Waals surface area (Å²) < 4.78 is 17.2. The molecule has 2 amide bonds. The largest absolute Gasteiger partial charge is 0.334 e. The molecule has 4 aromatic rings. The standard InChI is InChI=1S/C20H19FN8O/c1-14-19(26-27-29(14)12-16-4-2-3-5-17(16)21)25-20(30)24-11-15-6-7-18(23-10-15)28-9-8-22-13-28/h2-10,13H,11-12H2,1H3,(H2,24,25,30). The van der Waals surface area contributed by atoms with Crippen molar-refractivity contribution in [2.75, 3.05) is 5.32 Å². The third-order valence-electron chi connectivity index (χ3n) is 4.52. The Bertz CT molecular complexity index is 1140. The van der Waals surface area contributed by atoms with E-state index < -0.39 is 6.03 Å². The second-order valence-electron chi connectivity index (χ2n) is 6.57. The average molecular weight is 406 g/mol. The van der Waals surface area contributed by atoms with Crippen LogP contribution in [0, 0.1) is 12.7 Å². The van der Waals surface area contributed by atoms with Crippen LogP contribution in [0.15, 0.2) is 61.3 Å². The van der Waals surface area contributed by atoms with E-state index in [1.54, 1.807) is 54.6 Å². The summed E-state index contributed by atoms with van der Waals surface area (Å²) in [4.78, 5) is 20.5. The number of pyridine rings is 1. The van der Waals surface area contributed by atoms with Gasteiger partial charge in [0.2, 0.25) is 0 Å². The first-order valence-electron chi connectivity index (χ1n) is 9.22. The van der Waals surface area contributed by atoms with Crippen LogP contribution >= 0.6 is 0 Å². The fourth-order valence-corrected chi connectivity index (χ4v) is 2.82. The molecule has 30 heavy (non-hydrogen) atoms. The van der Waals surface area contributed by atoms with E-state index in [0.29, 0.717) is 23.6 Å². The molecule has 0 aliphatic heterocycles. The fraction of sp³-hybridized carbons (Fsp3) is 0.150. The Morgan fingerprint density at radius 3 is 2.80 bits per heavy atom. The molecule has 0 atom stereocenters. The Morgan fingerprint density at radius 1 is 1.20 bits per heavy atom. The monoisotopic (exact) mass is 406 g/mol. The maximum Gasteiger partial charge on any atom is 0.320 e. The molecule has 0 spiro atoms. The van der Waals surface area contributed by atoms with Gasteiger partial charge < -0.3 is 5.32 Å². The topological polar surface area (TPSA) is 103 Å². The summed E-state index contributed by atoms with van der Waals surface area (Å²) in [6, 6.07) is 9.76. The van der Waals surface area contributed by atoms with Crippen molar-refractivity contribution in [2.24, 2.45) is 0 Å². The number of rotatable bonds is 6. The first kappa shape index (κ1) is 19.2. The average Bonchev–Trinajstić information content (AvgIpc) is 3.40. The van der Waals surface area contributed by atoms with Crippen LogP contribution in [0.4, 0.5) is 15.0 Å². The summed E-state index contributed by atoms with van der Waals surface area (Å²) in [5, 5.41) is 13.4. The number of hydrogen-bond donors (Lipinski definition) is 2. The van der Waals surface area contributed by atoms with Crippen molar-refractivity contribution in [2.45, 2.75) is 20.0 Å². The number of aromatic nitrogens is 6. The molecule has 152 valence electrons. The number of halogens is 1. The SMILES string of the molecule is Cc1c(NC(=O)NCc2ccc(-n3ccnc3)nc2)nnn1Cc1ccccc1F. The zero-order chi connectivity index (χ0) is 20.9. The highest BCUT2D eigenvalue weighted by molar-refractivity contribution is 5.88. The summed E-state index contributed by atoms with van der Waals surface area (Å²) in [6.07, 6.45) is 6.83. The quantitative estimate of drug-likeness (QED) is 0.513. The van der Waals surface area contributed by atoms with E-state index >= 15 is 0 Å². The van der Waals surface area contributed by atoms with Crippen molar-refractivity contribution < 1.29 is 9.18 Å². The third kappa shape index (κ3) is 4.32. The number of nitrogens with zero attached hydrogens (tertiary/aromatic N) is 6. The smallest absolute Gasteiger partial charge is 0.320 e. The van der Waals surface area contributed by atoms with E-state index in [0.717, 1.165) is 11.4 Å². The van der Waals surface area contributed by atoms with Crippen molar-refractivity contribution in [3.8, 4) is 5.82 Å². The van der Waals surface area contributed by atoms with Crippen LogP contribution < -0.4 is 10.6 Å². The molecule has 0 aliphatic carbocycles. The second kappa shape index (κ2) is 8.52. The minimum Gasteiger partial charge on any atom is -0.334 e. The number of nitrogens with one attached hydrogen (secondary N) is 2. The van der Waals surface area contributed by atoms with Crippen molar-refractivity contribution in [1.82, 2.24) is 34.8 Å². The van der Waals surface area contributed by atoms with Crippen molar-refractivity contribution >= 4 is 11.8 Å². The normalized spacial score (nSPS) is 10.7.